The minimum Gasteiger partial charge on any atom is -0.493 e. The average Bonchev–Trinajstić information content (AvgIpc) is 2.62. The number of rotatable bonds is 6. The van der Waals surface area contributed by atoms with Gasteiger partial charge in [0.2, 0.25) is 0 Å². The lowest BCUT2D eigenvalue weighted by atomic mass is 10.2. The molecule has 1 fully saturated rings. The summed E-state index contributed by atoms with van der Waals surface area (Å²) in [5.41, 5.74) is 1.04. The van der Waals surface area contributed by atoms with Gasteiger partial charge in [-0.1, -0.05) is 6.07 Å². The third kappa shape index (κ3) is 4.89. The lowest BCUT2D eigenvalue weighted by Gasteiger charge is -2.35. The number of benzene rings is 1. The second kappa shape index (κ2) is 8.25. The molecule has 0 unspecified atom stereocenters. The molecule has 0 spiro atoms. The van der Waals surface area contributed by atoms with Gasteiger partial charge in [0.05, 0.1) is 6.61 Å². The Balaban J connectivity index is 1.37. The smallest absolute Gasteiger partial charge is 0.162 e. The predicted octanol–water partition coefficient (Wildman–Crippen LogP) is 3.26. The zero-order valence-electron chi connectivity index (χ0n) is 14.4. The van der Waals surface area contributed by atoms with E-state index < -0.39 is 11.6 Å². The molecule has 0 saturated carbocycles. The van der Waals surface area contributed by atoms with Crippen molar-refractivity contribution in [1.29, 1.82) is 0 Å². The van der Waals surface area contributed by atoms with Crippen LogP contribution in [0, 0.1) is 18.6 Å². The molecule has 3 rings (SSSR count). The van der Waals surface area contributed by atoms with E-state index in [9.17, 15) is 8.78 Å². The summed E-state index contributed by atoms with van der Waals surface area (Å²) in [5, 5.41) is 0. The normalized spacial score (nSPS) is 15.4. The van der Waals surface area contributed by atoms with Crippen molar-refractivity contribution in [3.63, 3.8) is 0 Å². The topological polar surface area (TPSA) is 28.6 Å². The number of piperazine rings is 1. The van der Waals surface area contributed by atoms with Crippen LogP contribution < -0.4 is 9.64 Å². The SMILES string of the molecule is Cc1cccc(N2CCN(CCCOc3ccc(F)c(F)c3)CC2)n1. The van der Waals surface area contributed by atoms with Crippen LogP contribution >= 0.6 is 0 Å². The molecule has 6 heteroatoms. The minimum atomic E-state index is -0.876. The number of halogens is 2. The van der Waals surface area contributed by atoms with Crippen molar-refractivity contribution in [3.05, 3.63) is 53.7 Å². The Bertz CT molecular complexity index is 703. The number of aryl methyl sites for hydroxylation is 1. The highest BCUT2D eigenvalue weighted by atomic mass is 19.2. The van der Waals surface area contributed by atoms with Crippen molar-refractivity contribution < 1.29 is 13.5 Å². The van der Waals surface area contributed by atoms with Crippen LogP contribution in [0.15, 0.2) is 36.4 Å². The molecule has 2 aromatic rings. The van der Waals surface area contributed by atoms with Crippen molar-refractivity contribution in [2.75, 3.05) is 44.2 Å². The number of nitrogens with zero attached hydrogens (tertiary/aromatic N) is 3. The van der Waals surface area contributed by atoms with Crippen molar-refractivity contribution in [3.8, 4) is 5.75 Å². The highest BCUT2D eigenvalue weighted by molar-refractivity contribution is 5.39. The maximum Gasteiger partial charge on any atom is 0.162 e. The Morgan fingerprint density at radius 2 is 1.84 bits per heavy atom. The average molecular weight is 347 g/mol. The molecule has 1 aliphatic rings. The fraction of sp³-hybridized carbons (Fsp3) is 0.421. The molecule has 2 heterocycles. The molecule has 1 aliphatic heterocycles. The third-order valence-electron chi connectivity index (χ3n) is 4.35. The number of hydrogen-bond donors (Lipinski definition) is 0. The fourth-order valence-electron chi connectivity index (χ4n) is 2.95. The molecule has 1 aromatic carbocycles. The van der Waals surface area contributed by atoms with Crippen molar-refractivity contribution in [1.82, 2.24) is 9.88 Å². The lowest BCUT2D eigenvalue weighted by molar-refractivity contribution is 0.224. The quantitative estimate of drug-likeness (QED) is 0.750. The summed E-state index contributed by atoms with van der Waals surface area (Å²) in [7, 11) is 0. The second-order valence-electron chi connectivity index (χ2n) is 6.24. The Hall–Kier alpha value is -2.21. The van der Waals surface area contributed by atoms with Gasteiger partial charge in [0.15, 0.2) is 11.6 Å². The number of aromatic nitrogens is 1. The Morgan fingerprint density at radius 1 is 1.04 bits per heavy atom. The maximum absolute atomic E-state index is 13.1. The molecular weight excluding hydrogens is 324 g/mol. The van der Waals surface area contributed by atoms with Crippen molar-refractivity contribution in [2.45, 2.75) is 13.3 Å². The maximum atomic E-state index is 13.1. The summed E-state index contributed by atoms with van der Waals surface area (Å²) in [4.78, 5) is 9.27. The number of ether oxygens (including phenoxy) is 1. The molecule has 25 heavy (non-hydrogen) atoms. The van der Waals surface area contributed by atoms with Crippen molar-refractivity contribution in [2.24, 2.45) is 0 Å². The largest absolute Gasteiger partial charge is 0.493 e. The van der Waals surface area contributed by atoms with Gasteiger partial charge < -0.3 is 9.64 Å². The monoisotopic (exact) mass is 347 g/mol. The van der Waals surface area contributed by atoms with E-state index in [2.05, 4.69) is 20.9 Å². The van der Waals surface area contributed by atoms with Crippen LogP contribution in [0.4, 0.5) is 14.6 Å². The number of anilines is 1. The molecule has 134 valence electrons. The molecule has 0 aliphatic carbocycles. The van der Waals surface area contributed by atoms with Gasteiger partial charge in [0.25, 0.3) is 0 Å². The molecular formula is C19H23F2N3O. The second-order valence-corrected chi connectivity index (χ2v) is 6.24. The fourth-order valence-corrected chi connectivity index (χ4v) is 2.95. The van der Waals surface area contributed by atoms with Gasteiger partial charge in [-0.15, -0.1) is 0 Å². The Morgan fingerprint density at radius 3 is 2.56 bits per heavy atom. The van der Waals surface area contributed by atoms with E-state index in [0.717, 1.165) is 62.8 Å². The zero-order valence-corrected chi connectivity index (χ0v) is 14.4. The standard InChI is InChI=1S/C19H23F2N3O/c1-15-4-2-5-19(22-15)24-11-9-23(10-12-24)8-3-13-25-16-6-7-17(20)18(21)14-16/h2,4-7,14H,3,8-13H2,1H3. The first-order valence-electron chi connectivity index (χ1n) is 8.60. The van der Waals surface area contributed by atoms with Gasteiger partial charge in [-0.05, 0) is 37.6 Å². The lowest BCUT2D eigenvalue weighted by Crippen LogP contribution is -2.47. The van der Waals surface area contributed by atoms with Crippen LogP contribution in [0.5, 0.6) is 5.75 Å². The molecule has 0 N–H and O–H groups in total. The van der Waals surface area contributed by atoms with Gasteiger partial charge in [-0.25, -0.2) is 13.8 Å². The Labute approximate surface area is 147 Å². The predicted molar refractivity (Wildman–Crippen MR) is 94.1 cm³/mol. The first-order chi connectivity index (χ1) is 12.1. The van der Waals surface area contributed by atoms with Gasteiger partial charge in [-0.3, -0.25) is 4.90 Å². The molecule has 1 aromatic heterocycles. The molecule has 0 bridgehead atoms. The van der Waals surface area contributed by atoms with E-state index in [0.29, 0.717) is 12.4 Å². The van der Waals surface area contributed by atoms with Crippen molar-refractivity contribution >= 4 is 5.82 Å². The van der Waals surface area contributed by atoms with Gasteiger partial charge in [-0.2, -0.15) is 0 Å². The highest BCUT2D eigenvalue weighted by Crippen LogP contribution is 2.16. The van der Waals surface area contributed by atoms with Crippen LogP contribution in [0.2, 0.25) is 0 Å². The summed E-state index contributed by atoms with van der Waals surface area (Å²) in [6.45, 7) is 7.32. The van der Waals surface area contributed by atoms with Gasteiger partial charge >= 0.3 is 0 Å². The highest BCUT2D eigenvalue weighted by Gasteiger charge is 2.17. The summed E-state index contributed by atoms with van der Waals surface area (Å²) in [6, 6.07) is 9.73. The van der Waals surface area contributed by atoms with Gasteiger partial charge in [0.1, 0.15) is 11.6 Å². The van der Waals surface area contributed by atoms with E-state index in [-0.39, 0.29) is 0 Å². The molecule has 0 amide bonds. The zero-order chi connectivity index (χ0) is 17.6. The molecule has 4 nitrogen and oxygen atoms in total. The van der Waals surface area contributed by atoms with E-state index >= 15 is 0 Å². The number of pyridine rings is 1. The van der Waals surface area contributed by atoms with E-state index in [4.69, 9.17) is 4.74 Å². The summed E-state index contributed by atoms with van der Waals surface area (Å²) < 4.78 is 31.5. The third-order valence-corrected chi connectivity index (χ3v) is 4.35. The summed E-state index contributed by atoms with van der Waals surface area (Å²) in [5.74, 6) is -0.317. The van der Waals surface area contributed by atoms with Crippen LogP contribution in [0.1, 0.15) is 12.1 Å². The Kier molecular flexibility index (Phi) is 5.81. The van der Waals surface area contributed by atoms with Crippen LogP contribution in [-0.4, -0.2) is 49.2 Å². The van der Waals surface area contributed by atoms with E-state index in [1.807, 2.05) is 19.1 Å². The van der Waals surface area contributed by atoms with Gasteiger partial charge in [0, 0.05) is 44.5 Å². The van der Waals surface area contributed by atoms with E-state index in [1.54, 1.807) is 0 Å². The minimum absolute atomic E-state index is 0.370. The van der Waals surface area contributed by atoms with Crippen LogP contribution in [0.3, 0.4) is 0 Å². The van der Waals surface area contributed by atoms with E-state index in [1.165, 1.54) is 6.07 Å². The number of hydrogen-bond acceptors (Lipinski definition) is 4. The molecule has 0 radical (unpaired) electrons. The first-order valence-corrected chi connectivity index (χ1v) is 8.60. The molecule has 0 atom stereocenters. The molecule has 1 saturated heterocycles. The van der Waals surface area contributed by atoms with Crippen LogP contribution in [0.25, 0.3) is 0 Å². The summed E-state index contributed by atoms with van der Waals surface area (Å²) >= 11 is 0. The first kappa shape index (κ1) is 17.6. The van der Waals surface area contributed by atoms with Crippen LogP contribution in [-0.2, 0) is 0 Å². The summed E-state index contributed by atoms with van der Waals surface area (Å²) in [6.07, 6.45) is 0.849.